The molecule has 2 atom stereocenters. The molecule has 0 aliphatic heterocycles. The number of benzene rings is 1. The van der Waals surface area contributed by atoms with E-state index in [1.165, 1.54) is 12.1 Å². The third-order valence-corrected chi connectivity index (χ3v) is 5.12. The second-order valence-electron chi connectivity index (χ2n) is 6.57. The number of fused-ring (bicyclic) bond motifs is 2. The molecule has 2 aliphatic rings. The van der Waals surface area contributed by atoms with E-state index >= 15 is 0 Å². The van der Waals surface area contributed by atoms with Crippen molar-refractivity contribution < 1.29 is 19.4 Å². The summed E-state index contributed by atoms with van der Waals surface area (Å²) >= 11 is 0. The number of aliphatic carboxylic acids is 1. The van der Waals surface area contributed by atoms with Crippen molar-refractivity contribution in [3.63, 3.8) is 0 Å². The van der Waals surface area contributed by atoms with Crippen LogP contribution in [0.25, 0.3) is 11.8 Å². The highest BCUT2D eigenvalue weighted by atomic mass is 19.1. The summed E-state index contributed by atoms with van der Waals surface area (Å²) in [5.41, 5.74) is 2.19. The van der Waals surface area contributed by atoms with Gasteiger partial charge in [-0.2, -0.15) is 5.10 Å². The lowest BCUT2D eigenvalue weighted by molar-refractivity contribution is -0.149. The monoisotopic (exact) mass is 328 g/mol. The summed E-state index contributed by atoms with van der Waals surface area (Å²) in [6, 6.07) is 6.03. The van der Waals surface area contributed by atoms with Gasteiger partial charge in [0.05, 0.1) is 29.1 Å². The molecule has 0 radical (unpaired) electrons. The van der Waals surface area contributed by atoms with Gasteiger partial charge in [-0.15, -0.1) is 0 Å². The van der Waals surface area contributed by atoms with E-state index < -0.39 is 17.5 Å². The maximum Gasteiger partial charge on any atom is 0.314 e. The maximum atomic E-state index is 13.1. The van der Waals surface area contributed by atoms with Gasteiger partial charge in [-0.3, -0.25) is 4.79 Å². The van der Waals surface area contributed by atoms with Crippen molar-refractivity contribution >= 4 is 12.0 Å². The molecule has 2 aliphatic carbocycles. The van der Waals surface area contributed by atoms with Crippen LogP contribution >= 0.6 is 0 Å². The Kier molecular flexibility index (Phi) is 3.31. The minimum absolute atomic E-state index is 0.231. The number of aliphatic hydroxyl groups is 1. The number of rotatable bonds is 2. The van der Waals surface area contributed by atoms with Gasteiger partial charge in [-0.05, 0) is 61.6 Å². The van der Waals surface area contributed by atoms with Crippen molar-refractivity contribution in [3.05, 3.63) is 53.1 Å². The highest BCUT2D eigenvalue weighted by molar-refractivity contribution is 5.83. The van der Waals surface area contributed by atoms with Gasteiger partial charge >= 0.3 is 5.97 Å². The molecule has 4 rings (SSSR count). The third-order valence-electron chi connectivity index (χ3n) is 5.12. The van der Waals surface area contributed by atoms with E-state index in [1.807, 2.05) is 6.08 Å². The molecule has 0 amide bonds. The first-order chi connectivity index (χ1) is 11.5. The van der Waals surface area contributed by atoms with Crippen LogP contribution in [0.5, 0.6) is 0 Å². The second-order valence-corrected chi connectivity index (χ2v) is 6.57. The minimum atomic E-state index is -1.04. The van der Waals surface area contributed by atoms with E-state index in [-0.39, 0.29) is 12.2 Å². The molecule has 1 heterocycles. The van der Waals surface area contributed by atoms with E-state index in [1.54, 1.807) is 23.0 Å². The number of aliphatic hydroxyl groups excluding tert-OH is 1. The highest BCUT2D eigenvalue weighted by Gasteiger charge is 2.48. The molecule has 124 valence electrons. The molecule has 0 saturated heterocycles. The van der Waals surface area contributed by atoms with Crippen molar-refractivity contribution in [2.24, 2.45) is 5.41 Å². The Balaban J connectivity index is 1.82. The summed E-state index contributed by atoms with van der Waals surface area (Å²) < 4.78 is 14.8. The van der Waals surface area contributed by atoms with Crippen molar-refractivity contribution in [2.75, 3.05) is 0 Å². The smallest absolute Gasteiger partial charge is 0.314 e. The lowest BCUT2D eigenvalue weighted by Gasteiger charge is -2.40. The SMILES string of the molecule is O=C(O)[C@]12Cc3cnn(-c4ccc(F)cc4)c3C=C1CC[C@@H](O)C2. The highest BCUT2D eigenvalue weighted by Crippen LogP contribution is 2.48. The van der Waals surface area contributed by atoms with Crippen LogP contribution in [-0.2, 0) is 11.2 Å². The largest absolute Gasteiger partial charge is 0.481 e. The normalized spacial score (nSPS) is 25.6. The van der Waals surface area contributed by atoms with Crippen molar-refractivity contribution in [1.29, 1.82) is 0 Å². The molecular weight excluding hydrogens is 311 g/mol. The molecule has 2 N–H and O–H groups in total. The molecule has 24 heavy (non-hydrogen) atoms. The van der Waals surface area contributed by atoms with E-state index in [0.717, 1.165) is 22.5 Å². The molecule has 6 heteroatoms. The second kappa shape index (κ2) is 5.27. The Labute approximate surface area is 138 Å². The lowest BCUT2D eigenvalue weighted by atomic mass is 9.63. The Morgan fingerprint density at radius 3 is 2.79 bits per heavy atom. The van der Waals surface area contributed by atoms with Gasteiger partial charge in [-0.1, -0.05) is 5.57 Å². The average molecular weight is 328 g/mol. The summed E-state index contributed by atoms with van der Waals surface area (Å²) in [5, 5.41) is 24.1. The zero-order chi connectivity index (χ0) is 16.9. The van der Waals surface area contributed by atoms with Crippen LogP contribution in [0.15, 0.2) is 36.0 Å². The molecule has 0 unspecified atom stereocenters. The van der Waals surface area contributed by atoms with Crippen LogP contribution in [0.2, 0.25) is 0 Å². The van der Waals surface area contributed by atoms with Crippen LogP contribution in [-0.4, -0.2) is 32.1 Å². The van der Waals surface area contributed by atoms with Crippen molar-refractivity contribution in [1.82, 2.24) is 9.78 Å². The summed E-state index contributed by atoms with van der Waals surface area (Å²) in [7, 11) is 0. The minimum Gasteiger partial charge on any atom is -0.481 e. The topological polar surface area (TPSA) is 75.3 Å². The van der Waals surface area contributed by atoms with Crippen molar-refractivity contribution in [2.45, 2.75) is 31.8 Å². The van der Waals surface area contributed by atoms with E-state index in [0.29, 0.717) is 19.3 Å². The van der Waals surface area contributed by atoms with E-state index in [9.17, 15) is 19.4 Å². The van der Waals surface area contributed by atoms with Crippen LogP contribution in [0.4, 0.5) is 4.39 Å². The molecular formula is C18H17FN2O3. The Morgan fingerprint density at radius 2 is 2.08 bits per heavy atom. The molecule has 1 fully saturated rings. The number of carboxylic acid groups (broad SMARTS) is 1. The predicted octanol–water partition coefficient (Wildman–Crippen LogP) is 2.57. The summed E-state index contributed by atoms with van der Waals surface area (Å²) in [6.45, 7) is 0. The Morgan fingerprint density at radius 1 is 1.33 bits per heavy atom. The van der Waals surface area contributed by atoms with E-state index in [2.05, 4.69) is 5.10 Å². The standard InChI is InChI=1S/C18H17FN2O3/c19-13-2-4-14(5-3-13)21-16-7-12-1-6-15(22)9-18(12,17(23)24)8-11(16)10-20-21/h2-5,7,10,15,22H,1,6,8-9H2,(H,23,24)/t15-,18+/m1/s1. The summed E-state index contributed by atoms with van der Waals surface area (Å²) in [5.74, 6) is -1.21. The first-order valence-corrected chi connectivity index (χ1v) is 7.95. The number of carboxylic acids is 1. The molecule has 1 aromatic carbocycles. The predicted molar refractivity (Wildman–Crippen MR) is 85.1 cm³/mol. The number of aromatic nitrogens is 2. The first-order valence-electron chi connectivity index (χ1n) is 7.95. The Bertz CT molecular complexity index is 840. The molecule has 1 aromatic heterocycles. The van der Waals surface area contributed by atoms with Gasteiger partial charge < -0.3 is 10.2 Å². The quantitative estimate of drug-likeness (QED) is 0.888. The summed E-state index contributed by atoms with van der Waals surface area (Å²) in [6.07, 6.45) is 4.64. The Hall–Kier alpha value is -2.47. The molecule has 0 bridgehead atoms. The van der Waals surface area contributed by atoms with Crippen LogP contribution in [0.3, 0.4) is 0 Å². The summed E-state index contributed by atoms with van der Waals surface area (Å²) in [4.78, 5) is 12.0. The van der Waals surface area contributed by atoms with Crippen LogP contribution < -0.4 is 0 Å². The van der Waals surface area contributed by atoms with Gasteiger partial charge in [0.1, 0.15) is 5.82 Å². The number of carbonyl (C=O) groups is 1. The van der Waals surface area contributed by atoms with Crippen molar-refractivity contribution in [3.8, 4) is 5.69 Å². The molecule has 5 nitrogen and oxygen atoms in total. The lowest BCUT2D eigenvalue weighted by Crippen LogP contribution is -2.43. The van der Waals surface area contributed by atoms with Gasteiger partial charge in [0, 0.05) is 0 Å². The van der Waals surface area contributed by atoms with Gasteiger partial charge in [0.15, 0.2) is 0 Å². The third kappa shape index (κ3) is 2.17. The van der Waals surface area contributed by atoms with Gasteiger partial charge in [0.2, 0.25) is 0 Å². The maximum absolute atomic E-state index is 13.1. The molecule has 1 saturated carbocycles. The molecule has 2 aromatic rings. The van der Waals surface area contributed by atoms with Crippen LogP contribution in [0, 0.1) is 11.2 Å². The number of hydrogen-bond donors (Lipinski definition) is 2. The molecule has 0 spiro atoms. The fourth-order valence-electron chi connectivity index (χ4n) is 3.85. The van der Waals surface area contributed by atoms with Gasteiger partial charge in [0.25, 0.3) is 0 Å². The number of hydrogen-bond acceptors (Lipinski definition) is 3. The fraction of sp³-hybridized carbons (Fsp3) is 0.333. The van der Waals surface area contributed by atoms with Gasteiger partial charge in [-0.25, -0.2) is 9.07 Å². The number of nitrogens with zero attached hydrogens (tertiary/aromatic N) is 2. The average Bonchev–Trinajstić information content (AvgIpc) is 2.95. The first kappa shape index (κ1) is 15.1. The zero-order valence-electron chi connectivity index (χ0n) is 12.9. The fourth-order valence-corrected chi connectivity index (χ4v) is 3.85. The van der Waals surface area contributed by atoms with E-state index in [4.69, 9.17) is 0 Å². The van der Waals surface area contributed by atoms with Crippen LogP contribution in [0.1, 0.15) is 30.5 Å². The zero-order valence-corrected chi connectivity index (χ0v) is 12.9. The number of halogens is 1.